The first-order valence-corrected chi connectivity index (χ1v) is 12.7. The largest absolute Gasteiger partial charge is 0.491 e. The second kappa shape index (κ2) is 10.8. The van der Waals surface area contributed by atoms with E-state index in [-0.39, 0.29) is 35.8 Å². The van der Waals surface area contributed by atoms with Crippen LogP contribution in [0, 0.1) is 11.8 Å². The van der Waals surface area contributed by atoms with Crippen molar-refractivity contribution < 1.29 is 19.1 Å². The van der Waals surface area contributed by atoms with Crippen LogP contribution < -0.4 is 10.1 Å². The molecule has 0 spiro atoms. The van der Waals surface area contributed by atoms with Crippen LogP contribution in [0.15, 0.2) is 29.8 Å². The molecule has 3 atom stereocenters. The summed E-state index contributed by atoms with van der Waals surface area (Å²) in [5.41, 5.74) is 1.13. The topological polar surface area (TPSA) is 84.0 Å². The SMILES string of the molecule is CO[C@@H]1CN(C)C(=O)c2ccc(NC(=O)C3CC3)cc2OC[C@@H](C)N(Cc2nccs2)C[C@@H]1C. The molecule has 2 aromatic rings. The molecule has 8 nitrogen and oxygen atoms in total. The summed E-state index contributed by atoms with van der Waals surface area (Å²) < 4.78 is 12.1. The number of carbonyl (C=O) groups excluding carboxylic acids is 2. The van der Waals surface area contributed by atoms with Crippen molar-refractivity contribution in [3.63, 3.8) is 0 Å². The van der Waals surface area contributed by atoms with Crippen LogP contribution >= 0.6 is 11.3 Å². The number of aromatic nitrogens is 1. The van der Waals surface area contributed by atoms with Crippen molar-refractivity contribution in [1.82, 2.24) is 14.8 Å². The number of nitrogens with zero attached hydrogens (tertiary/aromatic N) is 3. The van der Waals surface area contributed by atoms with Crippen molar-refractivity contribution in [2.75, 3.05) is 39.2 Å². The smallest absolute Gasteiger partial charge is 0.257 e. The minimum atomic E-state index is -0.128. The van der Waals surface area contributed by atoms with Gasteiger partial charge in [-0.2, -0.15) is 0 Å². The maximum absolute atomic E-state index is 13.3. The number of benzene rings is 1. The fraction of sp³-hybridized carbons (Fsp3) is 0.560. The van der Waals surface area contributed by atoms with Crippen LogP contribution in [0.25, 0.3) is 0 Å². The number of anilines is 1. The summed E-state index contributed by atoms with van der Waals surface area (Å²) in [6.07, 6.45) is 3.58. The third-order valence-corrected chi connectivity index (χ3v) is 7.38. The zero-order valence-corrected chi connectivity index (χ0v) is 21.1. The van der Waals surface area contributed by atoms with Gasteiger partial charge in [0.25, 0.3) is 5.91 Å². The highest BCUT2D eigenvalue weighted by molar-refractivity contribution is 7.09. The second-order valence-corrected chi connectivity index (χ2v) is 10.4. The van der Waals surface area contributed by atoms with E-state index in [1.54, 1.807) is 48.6 Å². The Balaban J connectivity index is 1.62. The third-order valence-electron chi connectivity index (χ3n) is 6.61. The fourth-order valence-electron chi connectivity index (χ4n) is 4.24. The van der Waals surface area contributed by atoms with Gasteiger partial charge < -0.3 is 19.7 Å². The van der Waals surface area contributed by atoms with Gasteiger partial charge in [-0.3, -0.25) is 14.5 Å². The average Bonchev–Trinajstić information content (AvgIpc) is 3.56. The number of amides is 2. The first-order valence-electron chi connectivity index (χ1n) is 11.8. The van der Waals surface area contributed by atoms with Gasteiger partial charge in [0.15, 0.2) is 0 Å². The van der Waals surface area contributed by atoms with E-state index in [0.29, 0.717) is 30.2 Å². The van der Waals surface area contributed by atoms with Crippen LogP contribution in [0.1, 0.15) is 42.1 Å². The Labute approximate surface area is 205 Å². The number of ether oxygens (including phenoxy) is 2. The lowest BCUT2D eigenvalue weighted by Gasteiger charge is -2.35. The fourth-order valence-corrected chi connectivity index (χ4v) is 4.88. The summed E-state index contributed by atoms with van der Waals surface area (Å²) in [4.78, 5) is 34.1. The van der Waals surface area contributed by atoms with Gasteiger partial charge in [0.1, 0.15) is 17.4 Å². The Morgan fingerprint density at radius 3 is 2.76 bits per heavy atom. The first kappa shape index (κ1) is 24.6. The van der Waals surface area contributed by atoms with Crippen LogP contribution in [-0.4, -0.2) is 72.6 Å². The molecular formula is C25H34N4O4S. The molecule has 0 saturated heterocycles. The van der Waals surface area contributed by atoms with Crippen LogP contribution in [0.4, 0.5) is 5.69 Å². The van der Waals surface area contributed by atoms with Gasteiger partial charge >= 0.3 is 0 Å². The van der Waals surface area contributed by atoms with E-state index in [1.165, 1.54) is 0 Å². The van der Waals surface area contributed by atoms with E-state index < -0.39 is 0 Å². The van der Waals surface area contributed by atoms with E-state index in [1.807, 2.05) is 11.6 Å². The molecule has 1 N–H and O–H groups in total. The van der Waals surface area contributed by atoms with Crippen LogP contribution in [0.3, 0.4) is 0 Å². The van der Waals surface area contributed by atoms with E-state index in [4.69, 9.17) is 9.47 Å². The molecule has 1 aromatic carbocycles. The number of thiazole rings is 1. The van der Waals surface area contributed by atoms with Crippen molar-refractivity contribution in [3.8, 4) is 5.75 Å². The molecule has 34 heavy (non-hydrogen) atoms. The molecule has 2 amide bonds. The lowest BCUT2D eigenvalue weighted by atomic mass is 10.0. The third kappa shape index (κ3) is 5.95. The summed E-state index contributed by atoms with van der Waals surface area (Å²) >= 11 is 1.64. The van der Waals surface area contributed by atoms with E-state index in [9.17, 15) is 9.59 Å². The van der Waals surface area contributed by atoms with Gasteiger partial charge in [0.2, 0.25) is 5.91 Å². The summed E-state index contributed by atoms with van der Waals surface area (Å²) in [5.74, 6) is 0.673. The van der Waals surface area contributed by atoms with Crippen molar-refractivity contribution >= 4 is 28.8 Å². The Morgan fingerprint density at radius 2 is 2.09 bits per heavy atom. The van der Waals surface area contributed by atoms with Crippen molar-refractivity contribution in [2.24, 2.45) is 11.8 Å². The highest BCUT2D eigenvalue weighted by atomic mass is 32.1. The summed E-state index contributed by atoms with van der Waals surface area (Å²) in [6, 6.07) is 5.36. The minimum Gasteiger partial charge on any atom is -0.491 e. The van der Waals surface area contributed by atoms with Gasteiger partial charge in [-0.05, 0) is 37.8 Å². The van der Waals surface area contributed by atoms with Gasteiger partial charge in [0.05, 0.1) is 18.2 Å². The molecule has 0 radical (unpaired) electrons. The monoisotopic (exact) mass is 486 g/mol. The number of likely N-dealkylation sites (N-methyl/N-ethyl adjacent to an activating group) is 1. The van der Waals surface area contributed by atoms with Gasteiger partial charge in [-0.1, -0.05) is 6.92 Å². The number of fused-ring (bicyclic) bond motifs is 1. The van der Waals surface area contributed by atoms with Gasteiger partial charge in [0, 0.05) is 62.5 Å². The molecule has 4 rings (SSSR count). The zero-order valence-electron chi connectivity index (χ0n) is 20.3. The highest BCUT2D eigenvalue weighted by Gasteiger charge is 2.31. The molecule has 2 heterocycles. The molecule has 1 aliphatic heterocycles. The summed E-state index contributed by atoms with van der Waals surface area (Å²) in [6.45, 7) is 6.66. The standard InChI is InChI=1S/C25H34N4O4S/c1-16-12-29(14-23-26-9-10-34-23)17(2)15-33-21-11-19(27-24(30)18-5-6-18)7-8-20(21)25(31)28(3)13-22(16)32-4/h7-11,16-18,22H,5-6,12-15H2,1-4H3,(H,27,30)/t16-,17+,22+/m0/s1. The predicted molar refractivity (Wildman–Crippen MR) is 132 cm³/mol. The molecular weight excluding hydrogens is 452 g/mol. The number of carbonyl (C=O) groups is 2. The van der Waals surface area contributed by atoms with Crippen molar-refractivity contribution in [2.45, 2.75) is 45.4 Å². The van der Waals surface area contributed by atoms with Crippen molar-refractivity contribution in [3.05, 3.63) is 40.3 Å². The zero-order chi connectivity index (χ0) is 24.2. The predicted octanol–water partition coefficient (Wildman–Crippen LogP) is 3.50. The molecule has 0 unspecified atom stereocenters. The molecule has 9 heteroatoms. The molecule has 1 fully saturated rings. The lowest BCUT2D eigenvalue weighted by Crippen LogP contribution is -2.46. The maximum Gasteiger partial charge on any atom is 0.257 e. The van der Waals surface area contributed by atoms with Gasteiger partial charge in [-0.25, -0.2) is 4.98 Å². The number of methoxy groups -OCH3 is 1. The Morgan fingerprint density at radius 1 is 1.29 bits per heavy atom. The molecule has 1 saturated carbocycles. The summed E-state index contributed by atoms with van der Waals surface area (Å²) in [7, 11) is 3.49. The highest BCUT2D eigenvalue weighted by Crippen LogP contribution is 2.32. The average molecular weight is 487 g/mol. The van der Waals surface area contributed by atoms with E-state index in [0.717, 1.165) is 30.9 Å². The first-order chi connectivity index (χ1) is 16.4. The molecule has 184 valence electrons. The normalized spacial score (nSPS) is 24.5. The number of hydrogen-bond acceptors (Lipinski definition) is 7. The Hall–Kier alpha value is -2.49. The molecule has 1 aliphatic carbocycles. The van der Waals surface area contributed by atoms with Crippen LogP contribution in [0.2, 0.25) is 0 Å². The maximum atomic E-state index is 13.3. The Bertz CT molecular complexity index is 995. The minimum absolute atomic E-state index is 0.0245. The number of rotatable bonds is 5. The Kier molecular flexibility index (Phi) is 7.85. The van der Waals surface area contributed by atoms with Gasteiger partial charge in [-0.15, -0.1) is 11.3 Å². The van der Waals surface area contributed by atoms with Crippen LogP contribution in [0.5, 0.6) is 5.75 Å². The second-order valence-electron chi connectivity index (χ2n) is 9.43. The molecule has 2 aliphatic rings. The lowest BCUT2D eigenvalue weighted by molar-refractivity contribution is -0.117. The van der Waals surface area contributed by atoms with Crippen LogP contribution in [-0.2, 0) is 16.1 Å². The molecule has 1 aromatic heterocycles. The van der Waals surface area contributed by atoms with E-state index >= 15 is 0 Å². The van der Waals surface area contributed by atoms with E-state index in [2.05, 4.69) is 29.0 Å². The summed E-state index contributed by atoms with van der Waals surface area (Å²) in [5, 5.41) is 6.00. The van der Waals surface area contributed by atoms with Crippen molar-refractivity contribution in [1.29, 1.82) is 0 Å². The number of hydrogen-bond donors (Lipinski definition) is 1. The number of nitrogens with one attached hydrogen (secondary N) is 1. The quantitative estimate of drug-likeness (QED) is 0.697. The molecule has 0 bridgehead atoms.